The maximum absolute atomic E-state index is 6.11. The van der Waals surface area contributed by atoms with E-state index in [1.807, 2.05) is 11.8 Å². The van der Waals surface area contributed by atoms with E-state index >= 15 is 0 Å². The summed E-state index contributed by atoms with van der Waals surface area (Å²) in [5, 5.41) is 0. The van der Waals surface area contributed by atoms with E-state index in [0.29, 0.717) is 11.5 Å². The summed E-state index contributed by atoms with van der Waals surface area (Å²) >= 11 is 2.02. The van der Waals surface area contributed by atoms with Crippen LogP contribution in [0.2, 0.25) is 0 Å². The Bertz CT molecular complexity index is 296. The van der Waals surface area contributed by atoms with Crippen molar-refractivity contribution in [3.8, 4) is 0 Å². The van der Waals surface area contributed by atoms with E-state index in [-0.39, 0.29) is 24.0 Å². The van der Waals surface area contributed by atoms with Gasteiger partial charge in [-0.25, -0.2) is 4.99 Å². The Kier molecular flexibility index (Phi) is 4.50. The van der Waals surface area contributed by atoms with E-state index in [1.165, 1.54) is 43.6 Å². The molecule has 3 fully saturated rings. The third-order valence-electron chi connectivity index (χ3n) is 4.37. The lowest BCUT2D eigenvalue weighted by atomic mass is 10.1. The van der Waals surface area contributed by atoms with Crippen molar-refractivity contribution in [1.82, 2.24) is 4.90 Å². The maximum Gasteiger partial charge on any atom is 0.191 e. The third kappa shape index (κ3) is 2.85. The molecule has 17 heavy (non-hydrogen) atoms. The molecule has 1 atom stereocenters. The van der Waals surface area contributed by atoms with E-state index in [2.05, 4.69) is 4.90 Å². The molecular weight excluding hydrogens is 345 g/mol. The van der Waals surface area contributed by atoms with Crippen molar-refractivity contribution in [3.05, 3.63) is 0 Å². The number of guanidine groups is 1. The summed E-state index contributed by atoms with van der Waals surface area (Å²) in [5.74, 6) is 3.21. The van der Waals surface area contributed by atoms with Gasteiger partial charge in [0, 0.05) is 24.6 Å². The number of hydrogen-bond acceptors (Lipinski definition) is 2. The van der Waals surface area contributed by atoms with Gasteiger partial charge < -0.3 is 10.6 Å². The highest BCUT2D eigenvalue weighted by atomic mass is 127. The second-order valence-corrected chi connectivity index (χ2v) is 6.60. The van der Waals surface area contributed by atoms with E-state index in [0.717, 1.165) is 19.0 Å². The first kappa shape index (κ1) is 13.8. The summed E-state index contributed by atoms with van der Waals surface area (Å²) in [6.07, 6.45) is 6.91. The largest absolute Gasteiger partial charge is 0.370 e. The van der Waals surface area contributed by atoms with Crippen LogP contribution in [0.1, 0.15) is 32.1 Å². The van der Waals surface area contributed by atoms with Gasteiger partial charge in [0.25, 0.3) is 0 Å². The molecule has 0 bridgehead atoms. The molecule has 0 aromatic heterocycles. The zero-order chi connectivity index (χ0) is 11.0. The number of nitrogens with two attached hydrogens (primary N) is 1. The van der Waals surface area contributed by atoms with Crippen LogP contribution in [0.5, 0.6) is 0 Å². The average molecular weight is 367 g/mol. The smallest absolute Gasteiger partial charge is 0.191 e. The molecule has 3 rings (SSSR count). The van der Waals surface area contributed by atoms with Crippen molar-refractivity contribution >= 4 is 41.7 Å². The highest BCUT2D eigenvalue weighted by Gasteiger charge is 2.55. The lowest BCUT2D eigenvalue weighted by Crippen LogP contribution is -2.43. The summed E-state index contributed by atoms with van der Waals surface area (Å²) in [6.45, 7) is 2.17. The number of rotatable bonds is 1. The van der Waals surface area contributed by atoms with Crippen molar-refractivity contribution in [2.45, 2.75) is 38.1 Å². The standard InChI is InChI=1S/C12H21N3S.HI/c13-11(15-5-7-16-8-6-15)14-10-9-12(10)3-1-2-4-12;/h10H,1-9H2,(H2,13,14);1H. The molecule has 1 unspecified atom stereocenters. The fourth-order valence-corrected chi connectivity index (χ4v) is 4.06. The average Bonchev–Trinajstić information content (AvgIpc) is 2.74. The van der Waals surface area contributed by atoms with E-state index in [4.69, 9.17) is 10.7 Å². The van der Waals surface area contributed by atoms with Crippen LogP contribution in [-0.2, 0) is 0 Å². The SMILES string of the molecule is I.NC(=NC1CC12CCCC2)N1CCSCC1. The van der Waals surface area contributed by atoms with Crippen LogP contribution in [0.15, 0.2) is 4.99 Å². The molecule has 1 spiro atoms. The van der Waals surface area contributed by atoms with Gasteiger partial charge in [-0.1, -0.05) is 12.8 Å². The molecule has 5 heteroatoms. The van der Waals surface area contributed by atoms with Crippen LogP contribution in [0.3, 0.4) is 0 Å². The predicted octanol–water partition coefficient (Wildman–Crippen LogP) is 2.30. The van der Waals surface area contributed by atoms with Crippen LogP contribution in [0.4, 0.5) is 0 Å². The zero-order valence-corrected chi connectivity index (χ0v) is 13.4. The number of thioether (sulfide) groups is 1. The second-order valence-electron chi connectivity index (χ2n) is 5.38. The van der Waals surface area contributed by atoms with Crippen LogP contribution < -0.4 is 5.73 Å². The number of hydrogen-bond donors (Lipinski definition) is 1. The number of halogens is 1. The quantitative estimate of drug-likeness (QED) is 0.439. The summed E-state index contributed by atoms with van der Waals surface area (Å²) in [6, 6.07) is 0.560. The molecule has 0 radical (unpaired) electrons. The van der Waals surface area contributed by atoms with Crippen LogP contribution in [0.25, 0.3) is 0 Å². The molecule has 3 nitrogen and oxygen atoms in total. The van der Waals surface area contributed by atoms with Crippen molar-refractivity contribution in [2.24, 2.45) is 16.1 Å². The minimum Gasteiger partial charge on any atom is -0.370 e. The molecule has 2 aliphatic carbocycles. The van der Waals surface area contributed by atoms with Crippen molar-refractivity contribution in [3.63, 3.8) is 0 Å². The van der Waals surface area contributed by atoms with Gasteiger partial charge in [-0.05, 0) is 24.7 Å². The van der Waals surface area contributed by atoms with Crippen LogP contribution in [0, 0.1) is 5.41 Å². The Morgan fingerprint density at radius 1 is 1.24 bits per heavy atom. The molecule has 0 aromatic carbocycles. The monoisotopic (exact) mass is 367 g/mol. The maximum atomic E-state index is 6.11. The Morgan fingerprint density at radius 2 is 1.88 bits per heavy atom. The second kappa shape index (κ2) is 5.55. The molecule has 1 heterocycles. The Balaban J connectivity index is 0.00000108. The first-order chi connectivity index (χ1) is 7.80. The summed E-state index contributed by atoms with van der Waals surface area (Å²) < 4.78 is 0. The lowest BCUT2D eigenvalue weighted by Gasteiger charge is -2.27. The Labute approximate surface area is 125 Å². The summed E-state index contributed by atoms with van der Waals surface area (Å²) in [5.41, 5.74) is 6.70. The van der Waals surface area contributed by atoms with Gasteiger partial charge in [-0.3, -0.25) is 0 Å². The third-order valence-corrected chi connectivity index (χ3v) is 5.31. The van der Waals surface area contributed by atoms with Crippen molar-refractivity contribution in [1.29, 1.82) is 0 Å². The topological polar surface area (TPSA) is 41.6 Å². The van der Waals surface area contributed by atoms with Crippen molar-refractivity contribution < 1.29 is 0 Å². The van der Waals surface area contributed by atoms with Gasteiger partial charge in [-0.15, -0.1) is 24.0 Å². The molecule has 1 saturated heterocycles. The Morgan fingerprint density at radius 3 is 2.53 bits per heavy atom. The van der Waals surface area contributed by atoms with E-state index in [1.54, 1.807) is 0 Å². The van der Waals surface area contributed by atoms with Gasteiger partial charge in [-0.2, -0.15) is 11.8 Å². The van der Waals surface area contributed by atoms with E-state index < -0.39 is 0 Å². The van der Waals surface area contributed by atoms with Gasteiger partial charge in [0.15, 0.2) is 5.96 Å². The van der Waals surface area contributed by atoms with Crippen LogP contribution in [-0.4, -0.2) is 41.5 Å². The van der Waals surface area contributed by atoms with Crippen LogP contribution >= 0.6 is 35.7 Å². The molecule has 0 amide bonds. The molecular formula is C12H22IN3S. The number of aliphatic imine (C=N–C) groups is 1. The molecule has 2 N–H and O–H groups in total. The zero-order valence-electron chi connectivity index (χ0n) is 10.2. The van der Waals surface area contributed by atoms with Gasteiger partial charge in [0.1, 0.15) is 0 Å². The first-order valence-electron chi connectivity index (χ1n) is 6.46. The Hall–Kier alpha value is 0.350. The fourth-order valence-electron chi connectivity index (χ4n) is 3.16. The first-order valence-corrected chi connectivity index (χ1v) is 7.62. The number of nitrogens with zero attached hydrogens (tertiary/aromatic N) is 2. The highest BCUT2D eigenvalue weighted by molar-refractivity contribution is 14.0. The molecule has 98 valence electrons. The lowest BCUT2D eigenvalue weighted by molar-refractivity contribution is 0.450. The molecule has 0 aromatic rings. The molecule has 1 aliphatic heterocycles. The van der Waals surface area contributed by atoms with Gasteiger partial charge in [0.2, 0.25) is 0 Å². The van der Waals surface area contributed by atoms with Gasteiger partial charge in [0.05, 0.1) is 6.04 Å². The van der Waals surface area contributed by atoms with Gasteiger partial charge >= 0.3 is 0 Å². The predicted molar refractivity (Wildman–Crippen MR) is 85.2 cm³/mol. The minimum atomic E-state index is 0. The molecule has 2 saturated carbocycles. The fraction of sp³-hybridized carbons (Fsp3) is 0.917. The minimum absolute atomic E-state index is 0. The summed E-state index contributed by atoms with van der Waals surface area (Å²) in [7, 11) is 0. The highest BCUT2D eigenvalue weighted by Crippen LogP contribution is 2.59. The normalized spacial score (nSPS) is 31.4. The molecule has 3 aliphatic rings. The summed E-state index contributed by atoms with van der Waals surface area (Å²) in [4.78, 5) is 7.02. The van der Waals surface area contributed by atoms with Crippen molar-refractivity contribution in [2.75, 3.05) is 24.6 Å². The van der Waals surface area contributed by atoms with E-state index in [9.17, 15) is 0 Å².